The average molecular weight is 483 g/mol. The average Bonchev–Trinajstić information content (AvgIpc) is 2.78. The van der Waals surface area contributed by atoms with Gasteiger partial charge in [-0.25, -0.2) is 8.78 Å². The summed E-state index contributed by atoms with van der Waals surface area (Å²) in [6.45, 7) is 1.20. The van der Waals surface area contributed by atoms with E-state index in [1.165, 1.54) is 11.8 Å². The van der Waals surface area contributed by atoms with Crippen LogP contribution in [0, 0.1) is 11.6 Å². The second kappa shape index (κ2) is 8.88. The fourth-order valence-corrected chi connectivity index (χ4v) is 6.59. The molecule has 1 fully saturated rings. The van der Waals surface area contributed by atoms with Gasteiger partial charge in [-0.15, -0.1) is 0 Å². The van der Waals surface area contributed by atoms with Gasteiger partial charge < -0.3 is 19.5 Å². The number of halogens is 3. The van der Waals surface area contributed by atoms with Gasteiger partial charge in [-0.1, -0.05) is 11.6 Å². The third-order valence-electron chi connectivity index (χ3n) is 5.90. The minimum absolute atomic E-state index is 0.126. The van der Waals surface area contributed by atoms with Crippen LogP contribution < -0.4 is 10.1 Å². The number of ether oxygens (including phenoxy) is 1. The number of nitrogens with zero attached hydrogens (tertiary/aromatic N) is 1. The molecule has 10 heteroatoms. The van der Waals surface area contributed by atoms with E-state index in [9.17, 15) is 18.5 Å². The molecule has 4 rings (SSSR count). The van der Waals surface area contributed by atoms with Crippen molar-refractivity contribution >= 4 is 34.6 Å². The van der Waals surface area contributed by atoms with Crippen molar-refractivity contribution in [1.82, 2.24) is 10.2 Å². The quantitative estimate of drug-likeness (QED) is 0.679. The van der Waals surface area contributed by atoms with E-state index < -0.39 is 39.5 Å². The maximum absolute atomic E-state index is 15.2. The van der Waals surface area contributed by atoms with Crippen molar-refractivity contribution in [2.45, 2.75) is 35.4 Å². The van der Waals surface area contributed by atoms with Gasteiger partial charge in [-0.2, -0.15) is 0 Å². The molecule has 0 saturated carbocycles. The van der Waals surface area contributed by atoms with Gasteiger partial charge in [-0.3, -0.25) is 9.59 Å². The summed E-state index contributed by atoms with van der Waals surface area (Å²) in [5, 5.41) is 2.91. The number of likely N-dealkylation sites (tertiary alicyclic amines) is 1. The van der Waals surface area contributed by atoms with E-state index in [-0.39, 0.29) is 36.8 Å². The van der Waals surface area contributed by atoms with Gasteiger partial charge in [0.2, 0.25) is 11.8 Å². The fourth-order valence-electron chi connectivity index (χ4n) is 4.51. The van der Waals surface area contributed by atoms with Crippen molar-refractivity contribution in [2.75, 3.05) is 19.7 Å². The van der Waals surface area contributed by atoms with Crippen molar-refractivity contribution < 1.29 is 27.7 Å². The molecular formula is C22H21ClF2N2O4S. The number of rotatable bonds is 4. The number of benzene rings is 2. The Kier molecular flexibility index (Phi) is 6.33. The van der Waals surface area contributed by atoms with Gasteiger partial charge in [0, 0.05) is 24.9 Å². The van der Waals surface area contributed by atoms with Gasteiger partial charge in [0.25, 0.3) is 0 Å². The molecule has 2 heterocycles. The lowest BCUT2D eigenvalue weighted by molar-refractivity contribution is -0.138. The molecule has 1 saturated heterocycles. The van der Waals surface area contributed by atoms with E-state index in [0.717, 1.165) is 12.1 Å². The highest BCUT2D eigenvalue weighted by molar-refractivity contribution is 7.92. The molecule has 1 unspecified atom stereocenters. The van der Waals surface area contributed by atoms with Gasteiger partial charge >= 0.3 is 0 Å². The Morgan fingerprint density at radius 1 is 1.25 bits per heavy atom. The zero-order chi connectivity index (χ0) is 23.0. The summed E-state index contributed by atoms with van der Waals surface area (Å²) in [5.41, 5.74) is -0.126. The van der Waals surface area contributed by atoms with Gasteiger partial charge in [0.1, 0.15) is 18.5 Å². The van der Waals surface area contributed by atoms with E-state index in [1.54, 1.807) is 24.3 Å². The first kappa shape index (κ1) is 22.8. The van der Waals surface area contributed by atoms with Crippen LogP contribution in [0.3, 0.4) is 0 Å². The van der Waals surface area contributed by atoms with Crippen LogP contribution in [0.2, 0.25) is 5.02 Å². The molecular weight excluding hydrogens is 462 g/mol. The first-order valence-corrected chi connectivity index (χ1v) is 11.6. The molecule has 0 spiro atoms. The number of amides is 2. The lowest BCUT2D eigenvalue weighted by atomic mass is 9.80. The van der Waals surface area contributed by atoms with Crippen LogP contribution in [-0.4, -0.2) is 47.0 Å². The standard InChI is InChI=1S/C22H21ClF2N2O4S/c1-13(28)26-11-19(29)27-10-2-9-22(32(30)15-5-3-14(23)4-6-15)18(27)12-31-21-17(25)8-7-16(24)20(21)22/h3-8,18H,2,9-12H2,1H3,(H,26,28)/t18-,22+,32?/m0/s1. The second-order valence-electron chi connectivity index (χ2n) is 7.77. The zero-order valence-electron chi connectivity index (χ0n) is 17.2. The molecule has 2 aromatic carbocycles. The monoisotopic (exact) mass is 482 g/mol. The molecule has 2 aliphatic heterocycles. The van der Waals surface area contributed by atoms with Crippen LogP contribution in [0.25, 0.3) is 0 Å². The summed E-state index contributed by atoms with van der Waals surface area (Å²) >= 11 is 4.10. The summed E-state index contributed by atoms with van der Waals surface area (Å²) in [6.07, 6.45) is 0.671. The Morgan fingerprint density at radius 2 is 1.94 bits per heavy atom. The minimum atomic E-state index is -1.87. The Morgan fingerprint density at radius 3 is 2.62 bits per heavy atom. The van der Waals surface area contributed by atoms with Crippen LogP contribution in [0.5, 0.6) is 5.75 Å². The number of nitrogens with one attached hydrogen (secondary N) is 1. The summed E-state index contributed by atoms with van der Waals surface area (Å²) < 4.78 is 48.1. The Balaban J connectivity index is 1.86. The summed E-state index contributed by atoms with van der Waals surface area (Å²) in [7, 11) is 0. The maximum Gasteiger partial charge on any atom is 0.242 e. The molecule has 32 heavy (non-hydrogen) atoms. The van der Waals surface area contributed by atoms with Gasteiger partial charge in [0.15, 0.2) is 21.2 Å². The summed E-state index contributed by atoms with van der Waals surface area (Å²) in [6, 6.07) is 7.44. The molecule has 1 N–H and O–H groups in total. The molecule has 0 aromatic heterocycles. The number of fused-ring (bicyclic) bond motifs is 3. The van der Waals surface area contributed by atoms with E-state index in [0.29, 0.717) is 22.9 Å². The molecule has 2 aromatic rings. The lowest BCUT2D eigenvalue weighted by Gasteiger charge is -2.51. The minimum Gasteiger partial charge on any atom is -0.611 e. The fraction of sp³-hybridized carbons (Fsp3) is 0.364. The van der Waals surface area contributed by atoms with Crippen molar-refractivity contribution in [3.05, 3.63) is 58.6 Å². The number of carbonyl (C=O) groups excluding carboxylic acids is 2. The summed E-state index contributed by atoms with van der Waals surface area (Å²) in [4.78, 5) is 26.1. The van der Waals surface area contributed by atoms with Crippen molar-refractivity contribution in [3.8, 4) is 5.75 Å². The highest BCUT2D eigenvalue weighted by atomic mass is 35.5. The van der Waals surface area contributed by atoms with Gasteiger partial charge in [-0.05, 0) is 54.0 Å². The molecule has 2 amide bonds. The largest absolute Gasteiger partial charge is 0.611 e. The van der Waals surface area contributed by atoms with Gasteiger partial charge in [0.05, 0.1) is 12.1 Å². The maximum atomic E-state index is 15.2. The smallest absolute Gasteiger partial charge is 0.242 e. The van der Waals surface area contributed by atoms with E-state index in [1.807, 2.05) is 0 Å². The normalized spacial score (nSPS) is 22.9. The predicted octanol–water partition coefficient (Wildman–Crippen LogP) is 3.14. The third kappa shape index (κ3) is 3.82. The third-order valence-corrected chi connectivity index (χ3v) is 8.19. The van der Waals surface area contributed by atoms with E-state index in [4.69, 9.17) is 16.3 Å². The molecule has 0 bridgehead atoms. The van der Waals surface area contributed by atoms with Crippen LogP contribution >= 0.6 is 11.6 Å². The van der Waals surface area contributed by atoms with E-state index >= 15 is 4.39 Å². The molecule has 3 atom stereocenters. The first-order chi connectivity index (χ1) is 15.3. The Labute approximate surface area is 192 Å². The van der Waals surface area contributed by atoms with Crippen molar-refractivity contribution in [3.63, 3.8) is 0 Å². The molecule has 0 radical (unpaired) electrons. The number of piperidine rings is 1. The lowest BCUT2D eigenvalue weighted by Crippen LogP contribution is -2.65. The Hall–Kier alpha value is -2.36. The topological polar surface area (TPSA) is 81.7 Å². The predicted molar refractivity (Wildman–Crippen MR) is 115 cm³/mol. The van der Waals surface area contributed by atoms with Crippen LogP contribution in [0.1, 0.15) is 25.3 Å². The second-order valence-corrected chi connectivity index (χ2v) is 9.95. The van der Waals surface area contributed by atoms with Crippen LogP contribution in [0.4, 0.5) is 8.78 Å². The highest BCUT2D eigenvalue weighted by Crippen LogP contribution is 2.53. The SMILES string of the molecule is CC(=O)NCC(=O)N1CCC[C@]2([S+]([O-])c3ccc(Cl)cc3)c3c(F)ccc(F)c3OC[C@H]12. The number of hydrogen-bond donors (Lipinski definition) is 1. The van der Waals surface area contributed by atoms with E-state index in [2.05, 4.69) is 5.32 Å². The molecule has 0 aliphatic carbocycles. The van der Waals surface area contributed by atoms with Crippen LogP contribution in [-0.2, 0) is 25.5 Å². The van der Waals surface area contributed by atoms with Crippen molar-refractivity contribution in [1.29, 1.82) is 0 Å². The number of carbonyl (C=O) groups is 2. The molecule has 2 aliphatic rings. The molecule has 6 nitrogen and oxygen atoms in total. The Bertz CT molecular complexity index is 1050. The highest BCUT2D eigenvalue weighted by Gasteiger charge is 2.61. The first-order valence-electron chi connectivity index (χ1n) is 10.1. The molecule has 170 valence electrons. The zero-order valence-corrected chi connectivity index (χ0v) is 18.8. The summed E-state index contributed by atoms with van der Waals surface area (Å²) in [5.74, 6) is -2.56. The number of hydrogen-bond acceptors (Lipinski definition) is 4. The van der Waals surface area contributed by atoms with Crippen molar-refractivity contribution in [2.24, 2.45) is 0 Å². The van der Waals surface area contributed by atoms with Crippen LogP contribution in [0.15, 0.2) is 41.3 Å².